The Kier molecular flexibility index (Phi) is 6.87. The second kappa shape index (κ2) is 7.71. The molecule has 0 heterocycles. The van der Waals surface area contributed by atoms with Gasteiger partial charge < -0.3 is 4.43 Å². The quantitative estimate of drug-likeness (QED) is 0.621. The van der Waals surface area contributed by atoms with E-state index in [0.717, 1.165) is 10.5 Å². The van der Waals surface area contributed by atoms with Gasteiger partial charge in [0, 0.05) is 11.2 Å². The van der Waals surface area contributed by atoms with Gasteiger partial charge in [0.15, 0.2) is 8.32 Å². The van der Waals surface area contributed by atoms with Crippen LogP contribution in [-0.4, -0.2) is 31.4 Å². The summed E-state index contributed by atoms with van der Waals surface area (Å²) in [4.78, 5) is 0.797. The van der Waals surface area contributed by atoms with E-state index in [4.69, 9.17) is 8.79 Å². The van der Waals surface area contributed by atoms with E-state index < -0.39 is 18.0 Å². The molecule has 1 aromatic carbocycles. The maximum absolute atomic E-state index is 13.1. The Hall–Kier alpha value is -0.653. The average Bonchev–Trinajstić information content (AvgIpc) is 2.42. The molecule has 0 saturated carbocycles. The second-order valence-electron chi connectivity index (χ2n) is 8.60. The smallest absolute Gasteiger partial charge is 0.192 e. The summed E-state index contributed by atoms with van der Waals surface area (Å²) in [6.45, 7) is 18.0. The number of rotatable bonds is 6. The first kappa shape index (κ1) is 21.4. The van der Waals surface area contributed by atoms with Gasteiger partial charge in [0.05, 0.1) is 22.4 Å². The largest absolute Gasteiger partial charge is 0.415 e. The van der Waals surface area contributed by atoms with Crippen molar-refractivity contribution in [3.63, 3.8) is 0 Å². The van der Waals surface area contributed by atoms with Crippen LogP contribution in [0.5, 0.6) is 0 Å². The first-order valence-electron chi connectivity index (χ1n) is 8.68. The van der Waals surface area contributed by atoms with E-state index in [1.54, 1.807) is 6.26 Å². The minimum absolute atomic E-state index is 0.0575. The van der Waals surface area contributed by atoms with E-state index in [1.165, 1.54) is 0 Å². The van der Waals surface area contributed by atoms with Crippen molar-refractivity contribution in [3.05, 3.63) is 29.8 Å². The standard InChI is InChI=1S/C19H35NO2SSi/c1-15(2)18(14-22-24(8,9)19(4,5)6)20-23(7,21)17-12-10-16(3)11-13-17/h10-13,15,18H,14H2,1-9H3. The van der Waals surface area contributed by atoms with Crippen LogP contribution < -0.4 is 0 Å². The maximum Gasteiger partial charge on any atom is 0.192 e. The Morgan fingerprint density at radius 2 is 1.67 bits per heavy atom. The fourth-order valence-electron chi connectivity index (χ4n) is 1.96. The van der Waals surface area contributed by atoms with Gasteiger partial charge in [0.25, 0.3) is 0 Å². The van der Waals surface area contributed by atoms with E-state index in [1.807, 2.05) is 31.2 Å². The molecule has 138 valence electrons. The van der Waals surface area contributed by atoms with E-state index in [-0.39, 0.29) is 11.1 Å². The zero-order chi connectivity index (χ0) is 18.8. The van der Waals surface area contributed by atoms with Gasteiger partial charge in [-0.2, -0.15) is 0 Å². The van der Waals surface area contributed by atoms with Crippen molar-refractivity contribution in [1.29, 1.82) is 0 Å². The van der Waals surface area contributed by atoms with Crippen molar-refractivity contribution in [1.82, 2.24) is 0 Å². The lowest BCUT2D eigenvalue weighted by atomic mass is 10.1. The summed E-state index contributed by atoms with van der Waals surface area (Å²) < 4.78 is 24.2. The molecule has 24 heavy (non-hydrogen) atoms. The van der Waals surface area contributed by atoms with Crippen LogP contribution >= 0.6 is 0 Å². The highest BCUT2D eigenvalue weighted by Gasteiger charge is 2.37. The summed E-state index contributed by atoms with van der Waals surface area (Å²) in [7, 11) is -4.24. The molecule has 0 aromatic heterocycles. The van der Waals surface area contributed by atoms with Crippen molar-refractivity contribution in [3.8, 4) is 0 Å². The lowest BCUT2D eigenvalue weighted by Gasteiger charge is -2.37. The highest BCUT2D eigenvalue weighted by atomic mass is 32.2. The molecule has 0 aliphatic rings. The molecule has 0 N–H and O–H groups in total. The molecular weight excluding hydrogens is 334 g/mol. The lowest BCUT2D eigenvalue weighted by molar-refractivity contribution is 0.240. The number of hydrogen-bond donors (Lipinski definition) is 0. The Morgan fingerprint density at radius 1 is 1.17 bits per heavy atom. The average molecular weight is 370 g/mol. The molecule has 1 aromatic rings. The molecule has 0 radical (unpaired) electrons. The van der Waals surface area contributed by atoms with Gasteiger partial charge in [-0.15, -0.1) is 0 Å². The summed E-state index contributed by atoms with van der Waals surface area (Å²) in [6.07, 6.45) is 1.74. The van der Waals surface area contributed by atoms with Crippen LogP contribution in [0.2, 0.25) is 18.1 Å². The van der Waals surface area contributed by atoms with E-state index in [2.05, 4.69) is 47.7 Å². The van der Waals surface area contributed by atoms with E-state index in [0.29, 0.717) is 12.5 Å². The summed E-state index contributed by atoms with van der Waals surface area (Å²) in [5.41, 5.74) is 1.16. The molecule has 0 aliphatic heterocycles. The molecule has 0 spiro atoms. The molecule has 0 saturated heterocycles. The van der Waals surface area contributed by atoms with Gasteiger partial charge in [-0.1, -0.05) is 52.3 Å². The van der Waals surface area contributed by atoms with Crippen LogP contribution in [0, 0.1) is 12.8 Å². The third kappa shape index (κ3) is 5.71. The van der Waals surface area contributed by atoms with Gasteiger partial charge in [-0.05, 0) is 43.1 Å². The van der Waals surface area contributed by atoms with Gasteiger partial charge in [0.1, 0.15) is 0 Å². The van der Waals surface area contributed by atoms with Crippen molar-refractivity contribution in [2.75, 3.05) is 12.9 Å². The van der Waals surface area contributed by atoms with Crippen molar-refractivity contribution < 1.29 is 8.63 Å². The van der Waals surface area contributed by atoms with Crippen LogP contribution in [0.25, 0.3) is 0 Å². The van der Waals surface area contributed by atoms with E-state index >= 15 is 0 Å². The fourth-order valence-corrected chi connectivity index (χ4v) is 4.57. The Labute approximate surface area is 150 Å². The second-order valence-corrected chi connectivity index (χ2v) is 15.7. The monoisotopic (exact) mass is 369 g/mol. The van der Waals surface area contributed by atoms with Crippen LogP contribution in [-0.2, 0) is 14.2 Å². The molecule has 0 fully saturated rings. The molecule has 2 atom stereocenters. The maximum atomic E-state index is 13.1. The molecule has 5 heteroatoms. The summed E-state index contributed by atoms with van der Waals surface area (Å²) in [6, 6.07) is 7.77. The Bertz CT molecular complexity index is 651. The highest BCUT2D eigenvalue weighted by Crippen LogP contribution is 2.37. The number of nitrogens with zero attached hydrogens (tertiary/aromatic N) is 1. The van der Waals surface area contributed by atoms with Crippen molar-refractivity contribution in [2.24, 2.45) is 10.3 Å². The number of aryl methyl sites for hydroxylation is 1. The molecule has 0 amide bonds. The molecular formula is C19H35NO2SSi. The minimum atomic E-state index is -2.41. The summed E-state index contributed by atoms with van der Waals surface area (Å²) in [5.74, 6) is 0.293. The van der Waals surface area contributed by atoms with Gasteiger partial charge in [0.2, 0.25) is 0 Å². The van der Waals surface area contributed by atoms with Crippen LogP contribution in [0.3, 0.4) is 0 Å². The molecule has 2 unspecified atom stereocenters. The summed E-state index contributed by atoms with van der Waals surface area (Å²) >= 11 is 0. The normalized spacial score (nSPS) is 16.8. The molecule has 0 bridgehead atoms. The Morgan fingerprint density at radius 3 is 2.08 bits per heavy atom. The summed E-state index contributed by atoms with van der Waals surface area (Å²) in [5, 5.41) is 0.166. The van der Waals surface area contributed by atoms with Gasteiger partial charge in [-0.3, -0.25) is 0 Å². The third-order valence-electron chi connectivity index (χ3n) is 4.99. The van der Waals surface area contributed by atoms with Crippen molar-refractivity contribution in [2.45, 2.75) is 70.6 Å². The molecule has 3 nitrogen and oxygen atoms in total. The van der Waals surface area contributed by atoms with Crippen LogP contribution in [0.4, 0.5) is 0 Å². The topological polar surface area (TPSA) is 38.7 Å². The highest BCUT2D eigenvalue weighted by molar-refractivity contribution is 7.93. The lowest BCUT2D eigenvalue weighted by Crippen LogP contribution is -2.43. The zero-order valence-electron chi connectivity index (χ0n) is 16.8. The minimum Gasteiger partial charge on any atom is -0.415 e. The third-order valence-corrected chi connectivity index (χ3v) is 11.3. The predicted octanol–water partition coefficient (Wildman–Crippen LogP) is 5.50. The number of hydrogen-bond acceptors (Lipinski definition) is 3. The van der Waals surface area contributed by atoms with E-state index in [9.17, 15) is 4.21 Å². The fraction of sp³-hybridized carbons (Fsp3) is 0.684. The van der Waals surface area contributed by atoms with Gasteiger partial charge >= 0.3 is 0 Å². The first-order chi connectivity index (χ1) is 10.8. The van der Waals surface area contributed by atoms with Gasteiger partial charge in [-0.25, -0.2) is 8.57 Å². The van der Waals surface area contributed by atoms with Crippen molar-refractivity contribution >= 4 is 18.0 Å². The first-order valence-corrected chi connectivity index (χ1v) is 13.5. The van der Waals surface area contributed by atoms with Crippen LogP contribution in [0.15, 0.2) is 33.5 Å². The molecule has 0 aliphatic carbocycles. The zero-order valence-corrected chi connectivity index (χ0v) is 18.7. The van der Waals surface area contributed by atoms with Crippen LogP contribution in [0.1, 0.15) is 40.2 Å². The SMILES string of the molecule is Cc1ccc(S(C)(=O)=NC(CO[Si](C)(C)C(C)(C)C)C(C)C)cc1. The number of benzene rings is 1. The Balaban J connectivity index is 3.04. The molecule has 1 rings (SSSR count). The predicted molar refractivity (Wildman–Crippen MR) is 108 cm³/mol.